The molecule has 1 saturated carbocycles. The average molecular weight is 468 g/mol. The van der Waals surface area contributed by atoms with Crippen LogP contribution in [0, 0.1) is 6.92 Å². The fourth-order valence-electron chi connectivity index (χ4n) is 3.34. The van der Waals surface area contributed by atoms with E-state index in [1.807, 2.05) is 6.92 Å². The van der Waals surface area contributed by atoms with E-state index in [-0.39, 0.29) is 17.0 Å². The van der Waals surface area contributed by atoms with Crippen molar-refractivity contribution in [2.75, 3.05) is 5.32 Å². The minimum Gasteiger partial charge on any atom is -0.459 e. The Hall–Kier alpha value is -3.30. The van der Waals surface area contributed by atoms with Gasteiger partial charge in [0.2, 0.25) is 10.0 Å². The van der Waals surface area contributed by atoms with Crippen LogP contribution in [0.4, 0.5) is 5.69 Å². The van der Waals surface area contributed by atoms with Crippen molar-refractivity contribution in [3.05, 3.63) is 65.4 Å². The number of rotatable bonds is 7. The fourth-order valence-corrected chi connectivity index (χ4v) is 4.64. The van der Waals surface area contributed by atoms with E-state index in [1.54, 1.807) is 38.1 Å². The Morgan fingerprint density at radius 3 is 2.33 bits per heavy atom. The van der Waals surface area contributed by atoms with Crippen molar-refractivity contribution in [2.45, 2.75) is 50.7 Å². The van der Waals surface area contributed by atoms with Crippen molar-refractivity contribution in [1.82, 2.24) is 9.71 Å². The maximum atomic E-state index is 12.9. The summed E-state index contributed by atoms with van der Waals surface area (Å²) in [5, 5.41) is 3.45. The Balaban J connectivity index is 1.59. The molecule has 1 amide bonds. The lowest BCUT2D eigenvalue weighted by Crippen LogP contribution is -2.25. The molecule has 0 saturated heterocycles. The molecule has 1 heterocycles. The first-order valence-electron chi connectivity index (χ1n) is 10.7. The fraction of sp³-hybridized carbons (Fsp3) is 0.292. The van der Waals surface area contributed by atoms with Crippen LogP contribution in [0.3, 0.4) is 0 Å². The molecule has 3 aromatic rings. The van der Waals surface area contributed by atoms with Gasteiger partial charge in [0.05, 0.1) is 27.8 Å². The highest BCUT2D eigenvalue weighted by atomic mass is 32.2. The maximum Gasteiger partial charge on any atom is 0.338 e. The second-order valence-corrected chi connectivity index (χ2v) is 10.1. The number of sulfonamides is 1. The molecule has 172 valence electrons. The number of carbonyl (C=O) groups excluding carboxylic acids is 2. The van der Waals surface area contributed by atoms with Crippen LogP contribution in [0.1, 0.15) is 53.1 Å². The number of carbonyl (C=O) groups is 2. The molecule has 0 atom stereocenters. The smallest absolute Gasteiger partial charge is 0.338 e. The molecule has 0 spiro atoms. The van der Waals surface area contributed by atoms with E-state index in [1.165, 1.54) is 24.3 Å². The molecule has 0 bridgehead atoms. The van der Waals surface area contributed by atoms with E-state index >= 15 is 0 Å². The van der Waals surface area contributed by atoms with Crippen LogP contribution in [0.2, 0.25) is 0 Å². The normalized spacial score (nSPS) is 13.8. The van der Waals surface area contributed by atoms with Gasteiger partial charge in [0.1, 0.15) is 0 Å². The second kappa shape index (κ2) is 8.92. The largest absolute Gasteiger partial charge is 0.459 e. The first kappa shape index (κ1) is 22.9. The molecule has 1 aliphatic rings. The summed E-state index contributed by atoms with van der Waals surface area (Å²) in [6.07, 6.45) is 1.43. The molecule has 2 N–H and O–H groups in total. The first-order valence-corrected chi connectivity index (χ1v) is 12.2. The van der Waals surface area contributed by atoms with Gasteiger partial charge in [-0.25, -0.2) is 17.9 Å². The topological polar surface area (TPSA) is 114 Å². The number of nitrogens with one attached hydrogen (secondary N) is 2. The number of amides is 1. The number of nitrogens with zero attached hydrogens (tertiary/aromatic N) is 1. The SMILES string of the molecule is Cc1cc(NC(=O)c2ccc(S(=O)(=O)NC3CC3)cc2)c2cc(C(=O)OC(C)C)ccc2n1. The van der Waals surface area contributed by atoms with Crippen LogP contribution < -0.4 is 10.0 Å². The van der Waals surface area contributed by atoms with E-state index < -0.39 is 21.9 Å². The van der Waals surface area contributed by atoms with Gasteiger partial charge in [0.25, 0.3) is 5.91 Å². The Morgan fingerprint density at radius 1 is 1.03 bits per heavy atom. The number of anilines is 1. The quantitative estimate of drug-likeness (QED) is 0.511. The van der Waals surface area contributed by atoms with Crippen LogP contribution >= 0.6 is 0 Å². The lowest BCUT2D eigenvalue weighted by atomic mass is 10.1. The molecule has 2 aromatic carbocycles. The first-order chi connectivity index (χ1) is 15.6. The third-order valence-corrected chi connectivity index (χ3v) is 6.63. The minimum absolute atomic E-state index is 0.00361. The van der Waals surface area contributed by atoms with Crippen molar-refractivity contribution in [1.29, 1.82) is 0 Å². The van der Waals surface area contributed by atoms with E-state index in [2.05, 4.69) is 15.0 Å². The third kappa shape index (κ3) is 5.37. The highest BCUT2D eigenvalue weighted by Crippen LogP contribution is 2.26. The highest BCUT2D eigenvalue weighted by molar-refractivity contribution is 7.89. The third-order valence-electron chi connectivity index (χ3n) is 5.09. The molecular weight excluding hydrogens is 442 g/mol. The number of aryl methyl sites for hydroxylation is 1. The van der Waals surface area contributed by atoms with Gasteiger partial charge in [-0.05, 0) is 82.1 Å². The number of hydrogen-bond donors (Lipinski definition) is 2. The molecule has 8 nitrogen and oxygen atoms in total. The van der Waals surface area contributed by atoms with Gasteiger partial charge in [-0.15, -0.1) is 0 Å². The van der Waals surface area contributed by atoms with Gasteiger partial charge < -0.3 is 10.1 Å². The Morgan fingerprint density at radius 2 is 1.70 bits per heavy atom. The molecule has 0 aliphatic heterocycles. The molecule has 0 unspecified atom stereocenters. The van der Waals surface area contributed by atoms with Crippen molar-refractivity contribution in [2.24, 2.45) is 0 Å². The lowest BCUT2D eigenvalue weighted by Gasteiger charge is -2.12. The van der Waals surface area contributed by atoms with Crippen LogP contribution in [0.25, 0.3) is 10.9 Å². The van der Waals surface area contributed by atoms with Crippen LogP contribution in [-0.4, -0.2) is 37.4 Å². The Bertz CT molecular complexity index is 1330. The summed E-state index contributed by atoms with van der Waals surface area (Å²) in [4.78, 5) is 29.8. The van der Waals surface area contributed by atoms with Gasteiger partial charge in [-0.3, -0.25) is 9.78 Å². The molecule has 4 rings (SSSR count). The number of hydrogen-bond acceptors (Lipinski definition) is 6. The monoisotopic (exact) mass is 467 g/mol. The zero-order valence-electron chi connectivity index (χ0n) is 18.6. The predicted molar refractivity (Wildman–Crippen MR) is 125 cm³/mol. The minimum atomic E-state index is -3.59. The highest BCUT2D eigenvalue weighted by Gasteiger charge is 2.28. The summed E-state index contributed by atoms with van der Waals surface area (Å²) in [5.41, 5.74) is 2.48. The standard InChI is InChI=1S/C24H25N3O5S/c1-14(2)32-24(29)17-6-11-21-20(13-17)22(12-15(3)25-21)26-23(28)16-4-9-19(10-5-16)33(30,31)27-18-7-8-18/h4-6,9-14,18,27H,7-8H2,1-3H3,(H,25,26,28). The van der Waals surface area contributed by atoms with E-state index in [4.69, 9.17) is 4.74 Å². The second-order valence-electron chi connectivity index (χ2n) is 8.37. The zero-order chi connectivity index (χ0) is 23.8. The average Bonchev–Trinajstić information content (AvgIpc) is 3.56. The molecule has 1 aliphatic carbocycles. The van der Waals surface area contributed by atoms with E-state index in [0.29, 0.717) is 33.4 Å². The van der Waals surface area contributed by atoms with E-state index in [9.17, 15) is 18.0 Å². The van der Waals surface area contributed by atoms with Crippen molar-refractivity contribution >= 4 is 38.5 Å². The summed E-state index contributed by atoms with van der Waals surface area (Å²) in [7, 11) is -3.59. The van der Waals surface area contributed by atoms with Crippen molar-refractivity contribution < 1.29 is 22.7 Å². The summed E-state index contributed by atoms with van der Waals surface area (Å²) in [6, 6.07) is 12.5. The van der Waals surface area contributed by atoms with Gasteiger partial charge in [-0.2, -0.15) is 0 Å². The summed E-state index contributed by atoms with van der Waals surface area (Å²) in [5.74, 6) is -0.863. The number of ether oxygens (including phenoxy) is 1. The maximum absolute atomic E-state index is 12.9. The predicted octanol–water partition coefficient (Wildman–Crippen LogP) is 3.80. The number of pyridine rings is 1. The Kier molecular flexibility index (Phi) is 6.18. The molecule has 1 aromatic heterocycles. The number of benzene rings is 2. The molecule has 0 radical (unpaired) electrons. The van der Waals surface area contributed by atoms with Gasteiger partial charge in [0.15, 0.2) is 0 Å². The molecular formula is C24H25N3O5S. The van der Waals surface area contributed by atoms with Crippen molar-refractivity contribution in [3.8, 4) is 0 Å². The summed E-state index contributed by atoms with van der Waals surface area (Å²) < 4.78 is 32.6. The number of esters is 1. The summed E-state index contributed by atoms with van der Waals surface area (Å²) in [6.45, 7) is 5.35. The van der Waals surface area contributed by atoms with E-state index in [0.717, 1.165) is 12.8 Å². The number of fused-ring (bicyclic) bond motifs is 1. The van der Waals surface area contributed by atoms with Gasteiger partial charge in [0, 0.05) is 22.7 Å². The summed E-state index contributed by atoms with van der Waals surface area (Å²) >= 11 is 0. The lowest BCUT2D eigenvalue weighted by molar-refractivity contribution is 0.0378. The van der Waals surface area contributed by atoms with Crippen molar-refractivity contribution in [3.63, 3.8) is 0 Å². The van der Waals surface area contributed by atoms with Crippen LogP contribution in [0.5, 0.6) is 0 Å². The molecule has 9 heteroatoms. The van der Waals surface area contributed by atoms with Gasteiger partial charge in [-0.1, -0.05) is 0 Å². The Labute approximate surface area is 192 Å². The number of aromatic nitrogens is 1. The molecule has 1 fully saturated rings. The zero-order valence-corrected chi connectivity index (χ0v) is 19.4. The van der Waals surface area contributed by atoms with Gasteiger partial charge >= 0.3 is 5.97 Å². The molecule has 33 heavy (non-hydrogen) atoms. The van der Waals surface area contributed by atoms with Crippen LogP contribution in [-0.2, 0) is 14.8 Å². The van der Waals surface area contributed by atoms with Crippen LogP contribution in [0.15, 0.2) is 53.4 Å².